The molecule has 1 atom stereocenters. The van der Waals surface area contributed by atoms with Crippen molar-refractivity contribution >= 4 is 21.4 Å². The number of fused-ring (bicyclic) bond motifs is 1. The molecule has 2 heterocycles. The molecule has 2 N–H and O–H groups in total. The van der Waals surface area contributed by atoms with Gasteiger partial charge in [0.15, 0.2) is 0 Å². The maximum absolute atomic E-state index is 12.9. The minimum Gasteiger partial charge on any atom is -0.396 e. The molecular weight excluding hydrogens is 303 g/mol. The lowest BCUT2D eigenvalue weighted by molar-refractivity contribution is 0.232. The van der Waals surface area contributed by atoms with Crippen LogP contribution in [0.25, 0.3) is 4.96 Å². The van der Waals surface area contributed by atoms with Gasteiger partial charge in [0.25, 0.3) is 0 Å². The zero-order valence-electron chi connectivity index (χ0n) is 12.2. The van der Waals surface area contributed by atoms with Crippen LogP contribution in [0.2, 0.25) is 0 Å². The molecule has 0 saturated heterocycles. The molecule has 0 aliphatic carbocycles. The van der Waals surface area contributed by atoms with E-state index >= 15 is 0 Å². The van der Waals surface area contributed by atoms with E-state index in [0.29, 0.717) is 13.0 Å². The van der Waals surface area contributed by atoms with Crippen LogP contribution in [0.5, 0.6) is 0 Å². The van der Waals surface area contributed by atoms with Crippen molar-refractivity contribution in [3.05, 3.63) is 47.5 Å². The van der Waals surface area contributed by atoms with E-state index in [1.165, 1.54) is 23.5 Å². The minimum atomic E-state index is -0.246. The molecule has 22 heavy (non-hydrogen) atoms. The van der Waals surface area contributed by atoms with Crippen molar-refractivity contribution in [2.45, 2.75) is 13.3 Å². The third kappa shape index (κ3) is 3.42. The predicted molar refractivity (Wildman–Crippen MR) is 84.8 cm³/mol. The number of hydrogen-bond donors (Lipinski definition) is 2. The number of halogens is 1. The Hall–Kier alpha value is -1.99. The molecule has 0 spiro atoms. The first-order valence-electron chi connectivity index (χ1n) is 7.06. The van der Waals surface area contributed by atoms with Crippen molar-refractivity contribution in [1.82, 2.24) is 14.6 Å². The molecule has 3 aromatic rings. The molecule has 0 amide bonds. The number of aromatic nitrogens is 3. The molecule has 0 fully saturated rings. The molecule has 116 valence electrons. The Labute approximate surface area is 131 Å². The number of rotatable bonds is 6. The van der Waals surface area contributed by atoms with E-state index in [-0.39, 0.29) is 18.3 Å². The lowest BCUT2D eigenvalue weighted by Crippen LogP contribution is -2.20. The molecule has 5 nitrogen and oxygen atoms in total. The molecular formula is C15H17FN4OS. The predicted octanol–water partition coefficient (Wildman–Crippen LogP) is 2.50. The van der Waals surface area contributed by atoms with E-state index in [1.807, 2.05) is 13.1 Å². The van der Waals surface area contributed by atoms with Crippen LogP contribution < -0.4 is 5.32 Å². The number of hydrogen-bond acceptors (Lipinski definition) is 5. The Kier molecular flexibility index (Phi) is 4.35. The average molecular weight is 320 g/mol. The number of anilines is 1. The van der Waals surface area contributed by atoms with E-state index in [1.54, 1.807) is 16.6 Å². The Morgan fingerprint density at radius 3 is 2.82 bits per heavy atom. The van der Waals surface area contributed by atoms with Crippen molar-refractivity contribution in [3.8, 4) is 0 Å². The third-order valence-corrected chi connectivity index (χ3v) is 4.28. The average Bonchev–Trinajstić information content (AvgIpc) is 3.02. The highest BCUT2D eigenvalue weighted by molar-refractivity contribution is 7.20. The van der Waals surface area contributed by atoms with Gasteiger partial charge in [-0.25, -0.2) is 13.9 Å². The zero-order chi connectivity index (χ0) is 15.5. The summed E-state index contributed by atoms with van der Waals surface area (Å²) >= 11 is 1.48. The lowest BCUT2D eigenvalue weighted by Gasteiger charge is -2.14. The van der Waals surface area contributed by atoms with Crippen LogP contribution in [-0.2, 0) is 6.42 Å². The number of aliphatic hydroxyl groups is 1. The van der Waals surface area contributed by atoms with E-state index in [9.17, 15) is 9.50 Å². The third-order valence-electron chi connectivity index (χ3n) is 3.40. The molecule has 0 aliphatic rings. The number of nitrogens with zero attached hydrogens (tertiary/aromatic N) is 3. The second kappa shape index (κ2) is 6.41. The van der Waals surface area contributed by atoms with Crippen LogP contribution in [0.15, 0.2) is 30.5 Å². The van der Waals surface area contributed by atoms with E-state index in [2.05, 4.69) is 15.4 Å². The van der Waals surface area contributed by atoms with Gasteiger partial charge >= 0.3 is 0 Å². The number of benzene rings is 1. The van der Waals surface area contributed by atoms with Gasteiger partial charge in [-0.2, -0.15) is 0 Å². The quantitative estimate of drug-likeness (QED) is 0.732. The van der Waals surface area contributed by atoms with Crippen molar-refractivity contribution in [1.29, 1.82) is 0 Å². The Morgan fingerprint density at radius 2 is 2.14 bits per heavy atom. The van der Waals surface area contributed by atoms with E-state index in [4.69, 9.17) is 0 Å². The summed E-state index contributed by atoms with van der Waals surface area (Å²) in [6, 6.07) is 6.38. The largest absolute Gasteiger partial charge is 0.396 e. The van der Waals surface area contributed by atoms with E-state index < -0.39 is 0 Å². The maximum atomic E-state index is 12.9. The van der Waals surface area contributed by atoms with Crippen LogP contribution in [0.1, 0.15) is 11.3 Å². The first-order chi connectivity index (χ1) is 10.6. The smallest absolute Gasteiger partial charge is 0.214 e. The van der Waals surface area contributed by atoms with Crippen molar-refractivity contribution < 1.29 is 9.50 Å². The van der Waals surface area contributed by atoms with Gasteiger partial charge in [-0.05, 0) is 31.0 Å². The first-order valence-corrected chi connectivity index (χ1v) is 7.87. The number of aliphatic hydroxyl groups excluding tert-OH is 1. The molecule has 1 aromatic carbocycles. The Bertz CT molecular complexity index is 721. The summed E-state index contributed by atoms with van der Waals surface area (Å²) < 4.78 is 14.6. The molecule has 0 aliphatic heterocycles. The standard InChI is InChI=1S/C15H17FN4OS/c1-10-8-20-15(18-10)22-14(19-20)17-7-12(9-21)6-11-2-4-13(16)5-3-11/h2-5,8,12,21H,6-7,9H2,1H3,(H,17,19). The van der Waals surface area contributed by atoms with Gasteiger partial charge in [0.1, 0.15) is 5.82 Å². The highest BCUT2D eigenvalue weighted by atomic mass is 32.1. The number of imidazole rings is 1. The molecule has 7 heteroatoms. The highest BCUT2D eigenvalue weighted by Crippen LogP contribution is 2.19. The van der Waals surface area contributed by atoms with Crippen LogP contribution in [0, 0.1) is 18.7 Å². The summed E-state index contributed by atoms with van der Waals surface area (Å²) in [7, 11) is 0. The monoisotopic (exact) mass is 320 g/mol. The van der Waals surface area contributed by atoms with Crippen LogP contribution >= 0.6 is 11.3 Å². The molecule has 1 unspecified atom stereocenters. The first kappa shape index (κ1) is 14.9. The van der Waals surface area contributed by atoms with Crippen LogP contribution in [0.4, 0.5) is 9.52 Å². The number of aryl methyl sites for hydroxylation is 1. The molecule has 2 aromatic heterocycles. The van der Waals surface area contributed by atoms with Crippen LogP contribution in [0.3, 0.4) is 0 Å². The molecule has 3 rings (SSSR count). The SMILES string of the molecule is Cc1cn2nc(NCC(CO)Cc3ccc(F)cc3)sc2n1. The Morgan fingerprint density at radius 1 is 1.36 bits per heavy atom. The van der Waals surface area contributed by atoms with Gasteiger partial charge in [-0.15, -0.1) is 5.10 Å². The maximum Gasteiger partial charge on any atom is 0.214 e. The highest BCUT2D eigenvalue weighted by Gasteiger charge is 2.11. The van der Waals surface area contributed by atoms with Gasteiger partial charge in [-0.3, -0.25) is 0 Å². The summed E-state index contributed by atoms with van der Waals surface area (Å²) in [6.45, 7) is 2.59. The van der Waals surface area contributed by atoms with Gasteiger partial charge in [0, 0.05) is 19.1 Å². The molecule has 0 radical (unpaired) electrons. The van der Waals surface area contributed by atoms with Gasteiger partial charge in [-0.1, -0.05) is 23.5 Å². The van der Waals surface area contributed by atoms with Crippen molar-refractivity contribution in [2.24, 2.45) is 5.92 Å². The molecule has 0 saturated carbocycles. The summed E-state index contributed by atoms with van der Waals surface area (Å²) in [5, 5.41) is 17.9. The summed E-state index contributed by atoms with van der Waals surface area (Å²) in [6.07, 6.45) is 2.56. The minimum absolute atomic E-state index is 0.0448. The summed E-state index contributed by atoms with van der Waals surface area (Å²) in [5.41, 5.74) is 1.95. The van der Waals surface area contributed by atoms with Gasteiger partial charge in [0.2, 0.25) is 10.1 Å². The number of nitrogens with one attached hydrogen (secondary N) is 1. The zero-order valence-corrected chi connectivity index (χ0v) is 13.0. The van der Waals surface area contributed by atoms with Crippen molar-refractivity contribution in [2.75, 3.05) is 18.5 Å². The fourth-order valence-electron chi connectivity index (χ4n) is 2.27. The van der Waals surface area contributed by atoms with Gasteiger partial charge in [0.05, 0.1) is 11.9 Å². The van der Waals surface area contributed by atoms with Gasteiger partial charge < -0.3 is 10.4 Å². The lowest BCUT2D eigenvalue weighted by atomic mass is 10.0. The normalized spacial score (nSPS) is 12.7. The fraction of sp³-hybridized carbons (Fsp3) is 0.333. The fourth-order valence-corrected chi connectivity index (χ4v) is 3.10. The molecule has 0 bridgehead atoms. The van der Waals surface area contributed by atoms with E-state index in [0.717, 1.165) is 21.3 Å². The Balaban J connectivity index is 1.60. The summed E-state index contributed by atoms with van der Waals surface area (Å²) in [4.78, 5) is 5.20. The second-order valence-electron chi connectivity index (χ2n) is 5.28. The topological polar surface area (TPSA) is 62.5 Å². The summed E-state index contributed by atoms with van der Waals surface area (Å²) in [5.74, 6) is -0.202. The van der Waals surface area contributed by atoms with Crippen molar-refractivity contribution in [3.63, 3.8) is 0 Å². The van der Waals surface area contributed by atoms with Crippen LogP contribution in [-0.4, -0.2) is 32.9 Å². The second-order valence-corrected chi connectivity index (χ2v) is 6.23.